The number of rotatable bonds is 1. The van der Waals surface area contributed by atoms with Crippen LogP contribution in [0.2, 0.25) is 0 Å². The molecule has 0 aliphatic heterocycles. The highest BCUT2D eigenvalue weighted by atomic mass is 14.7. The lowest BCUT2D eigenvalue weighted by atomic mass is 10.2. The summed E-state index contributed by atoms with van der Waals surface area (Å²) in [5.41, 5.74) is 1.86. The zero-order valence-corrected chi connectivity index (χ0v) is 6.57. The standard InChI is InChI=1S/C10H8N2/c1-2-9-4-3-8-7-11-6-5-10(8)12-9/h2-7H,1H2. The van der Waals surface area contributed by atoms with Crippen molar-refractivity contribution in [2.45, 2.75) is 0 Å². The first-order chi connectivity index (χ1) is 5.90. The van der Waals surface area contributed by atoms with E-state index < -0.39 is 0 Å². The van der Waals surface area contributed by atoms with E-state index in [9.17, 15) is 0 Å². The molecule has 0 aliphatic rings. The molecule has 2 heteroatoms. The summed E-state index contributed by atoms with van der Waals surface area (Å²) in [6, 6.07) is 5.81. The second kappa shape index (κ2) is 2.74. The number of aromatic nitrogens is 2. The molecule has 12 heavy (non-hydrogen) atoms. The van der Waals surface area contributed by atoms with E-state index in [1.807, 2.05) is 18.2 Å². The number of hydrogen-bond donors (Lipinski definition) is 0. The Morgan fingerprint density at radius 3 is 3.00 bits per heavy atom. The first kappa shape index (κ1) is 6.98. The molecule has 0 atom stereocenters. The van der Waals surface area contributed by atoms with Gasteiger partial charge in [-0.05, 0) is 24.3 Å². The van der Waals surface area contributed by atoms with E-state index in [0.717, 1.165) is 16.6 Å². The van der Waals surface area contributed by atoms with Gasteiger partial charge >= 0.3 is 0 Å². The average Bonchev–Trinajstić information content (AvgIpc) is 2.17. The number of fused-ring (bicyclic) bond motifs is 1. The molecule has 2 aromatic heterocycles. The molecular weight excluding hydrogens is 148 g/mol. The van der Waals surface area contributed by atoms with Crippen LogP contribution in [0, 0.1) is 0 Å². The first-order valence-corrected chi connectivity index (χ1v) is 3.73. The predicted octanol–water partition coefficient (Wildman–Crippen LogP) is 2.27. The van der Waals surface area contributed by atoms with Gasteiger partial charge in [0.25, 0.3) is 0 Å². The minimum Gasteiger partial charge on any atom is -0.264 e. The summed E-state index contributed by atoms with van der Waals surface area (Å²) < 4.78 is 0. The van der Waals surface area contributed by atoms with Crippen LogP contribution in [0.15, 0.2) is 37.2 Å². The Bertz CT molecular complexity index is 421. The van der Waals surface area contributed by atoms with Crippen LogP contribution in [0.5, 0.6) is 0 Å². The van der Waals surface area contributed by atoms with Crippen molar-refractivity contribution in [2.75, 3.05) is 0 Å². The van der Waals surface area contributed by atoms with Gasteiger partial charge in [0.05, 0.1) is 11.2 Å². The van der Waals surface area contributed by atoms with Crippen LogP contribution in [0.3, 0.4) is 0 Å². The van der Waals surface area contributed by atoms with Crippen molar-refractivity contribution in [3.8, 4) is 0 Å². The third-order valence-corrected chi connectivity index (χ3v) is 1.72. The summed E-state index contributed by atoms with van der Waals surface area (Å²) in [5.74, 6) is 0. The smallest absolute Gasteiger partial charge is 0.0740 e. The highest BCUT2D eigenvalue weighted by Crippen LogP contribution is 2.10. The van der Waals surface area contributed by atoms with E-state index in [1.165, 1.54) is 0 Å². The monoisotopic (exact) mass is 156 g/mol. The van der Waals surface area contributed by atoms with Crippen LogP contribution in [0.1, 0.15) is 5.69 Å². The molecule has 0 aliphatic carbocycles. The third-order valence-electron chi connectivity index (χ3n) is 1.72. The molecule has 0 saturated heterocycles. The van der Waals surface area contributed by atoms with E-state index in [1.54, 1.807) is 18.5 Å². The lowest BCUT2D eigenvalue weighted by Gasteiger charge is -1.96. The van der Waals surface area contributed by atoms with E-state index in [2.05, 4.69) is 16.5 Å². The zero-order valence-electron chi connectivity index (χ0n) is 6.57. The van der Waals surface area contributed by atoms with Crippen LogP contribution in [-0.2, 0) is 0 Å². The lowest BCUT2D eigenvalue weighted by Crippen LogP contribution is -1.82. The van der Waals surface area contributed by atoms with Gasteiger partial charge in [-0.15, -0.1) is 0 Å². The molecule has 0 amide bonds. The molecule has 0 spiro atoms. The fraction of sp³-hybridized carbons (Fsp3) is 0. The Morgan fingerprint density at radius 1 is 1.25 bits per heavy atom. The van der Waals surface area contributed by atoms with Gasteiger partial charge in [0.15, 0.2) is 0 Å². The molecule has 0 radical (unpaired) electrons. The Labute approximate surface area is 70.6 Å². The van der Waals surface area contributed by atoms with E-state index in [-0.39, 0.29) is 0 Å². The average molecular weight is 156 g/mol. The Balaban J connectivity index is 2.75. The maximum Gasteiger partial charge on any atom is 0.0740 e. The fourth-order valence-electron chi connectivity index (χ4n) is 1.09. The molecule has 0 unspecified atom stereocenters. The first-order valence-electron chi connectivity index (χ1n) is 3.73. The molecule has 2 rings (SSSR count). The van der Waals surface area contributed by atoms with Crippen molar-refractivity contribution >= 4 is 17.0 Å². The van der Waals surface area contributed by atoms with Gasteiger partial charge in [-0.3, -0.25) is 4.98 Å². The molecule has 2 nitrogen and oxygen atoms in total. The van der Waals surface area contributed by atoms with Crippen LogP contribution >= 0.6 is 0 Å². The van der Waals surface area contributed by atoms with Crippen molar-refractivity contribution in [2.24, 2.45) is 0 Å². The SMILES string of the molecule is C=Cc1ccc2cnccc2n1. The van der Waals surface area contributed by atoms with Crippen LogP contribution in [0.25, 0.3) is 17.0 Å². The summed E-state index contributed by atoms with van der Waals surface area (Å²) in [4.78, 5) is 8.34. The molecule has 0 aromatic carbocycles. The summed E-state index contributed by atoms with van der Waals surface area (Å²) in [6.45, 7) is 3.66. The highest BCUT2D eigenvalue weighted by Gasteiger charge is 1.93. The lowest BCUT2D eigenvalue weighted by molar-refractivity contribution is 1.31. The largest absolute Gasteiger partial charge is 0.264 e. The zero-order chi connectivity index (χ0) is 8.39. The van der Waals surface area contributed by atoms with Crippen molar-refractivity contribution in [3.63, 3.8) is 0 Å². The fourth-order valence-corrected chi connectivity index (χ4v) is 1.09. The maximum atomic E-state index is 4.34. The second-order valence-corrected chi connectivity index (χ2v) is 2.51. The predicted molar refractivity (Wildman–Crippen MR) is 49.6 cm³/mol. The second-order valence-electron chi connectivity index (χ2n) is 2.51. The normalized spacial score (nSPS) is 10.0. The Kier molecular flexibility index (Phi) is 1.59. The van der Waals surface area contributed by atoms with Crippen molar-refractivity contribution in [1.29, 1.82) is 0 Å². The molecule has 0 N–H and O–H groups in total. The third kappa shape index (κ3) is 1.07. The summed E-state index contributed by atoms with van der Waals surface area (Å²) in [7, 11) is 0. The Morgan fingerprint density at radius 2 is 2.17 bits per heavy atom. The number of pyridine rings is 2. The molecular formula is C10H8N2. The number of hydrogen-bond acceptors (Lipinski definition) is 2. The van der Waals surface area contributed by atoms with Crippen LogP contribution < -0.4 is 0 Å². The van der Waals surface area contributed by atoms with E-state index in [0.29, 0.717) is 0 Å². The molecule has 0 fully saturated rings. The van der Waals surface area contributed by atoms with Gasteiger partial charge in [-0.1, -0.05) is 6.58 Å². The summed E-state index contributed by atoms with van der Waals surface area (Å²) in [5, 5.41) is 1.06. The highest BCUT2D eigenvalue weighted by molar-refractivity contribution is 5.78. The molecule has 2 heterocycles. The van der Waals surface area contributed by atoms with Gasteiger partial charge in [-0.2, -0.15) is 0 Å². The van der Waals surface area contributed by atoms with E-state index >= 15 is 0 Å². The molecule has 0 bridgehead atoms. The van der Waals surface area contributed by atoms with Crippen molar-refractivity contribution in [1.82, 2.24) is 9.97 Å². The minimum atomic E-state index is 0.897. The summed E-state index contributed by atoms with van der Waals surface area (Å²) in [6.07, 6.45) is 5.28. The van der Waals surface area contributed by atoms with Crippen molar-refractivity contribution in [3.05, 3.63) is 42.9 Å². The van der Waals surface area contributed by atoms with Gasteiger partial charge in [0.1, 0.15) is 0 Å². The van der Waals surface area contributed by atoms with Gasteiger partial charge < -0.3 is 0 Å². The van der Waals surface area contributed by atoms with Gasteiger partial charge in [0.2, 0.25) is 0 Å². The molecule has 2 aromatic rings. The van der Waals surface area contributed by atoms with E-state index in [4.69, 9.17) is 0 Å². The molecule has 58 valence electrons. The minimum absolute atomic E-state index is 0.897. The summed E-state index contributed by atoms with van der Waals surface area (Å²) >= 11 is 0. The van der Waals surface area contributed by atoms with Gasteiger partial charge in [-0.25, -0.2) is 4.98 Å². The maximum absolute atomic E-state index is 4.34. The molecule has 0 saturated carbocycles. The van der Waals surface area contributed by atoms with Gasteiger partial charge in [0, 0.05) is 17.8 Å². The topological polar surface area (TPSA) is 25.8 Å². The van der Waals surface area contributed by atoms with Crippen molar-refractivity contribution < 1.29 is 0 Å². The quantitative estimate of drug-likeness (QED) is 0.633. The Hall–Kier alpha value is -1.70. The van der Waals surface area contributed by atoms with Crippen LogP contribution in [0.4, 0.5) is 0 Å². The number of nitrogens with zero attached hydrogens (tertiary/aromatic N) is 2. The van der Waals surface area contributed by atoms with Crippen LogP contribution in [-0.4, -0.2) is 9.97 Å².